The predicted molar refractivity (Wildman–Crippen MR) is 71.2 cm³/mol. The van der Waals surface area contributed by atoms with Crippen LogP contribution in [0.25, 0.3) is 17.1 Å². The van der Waals surface area contributed by atoms with Gasteiger partial charge in [0, 0.05) is 6.07 Å². The number of hydrogen-bond acceptors (Lipinski definition) is 5. The van der Waals surface area contributed by atoms with Gasteiger partial charge in [-0.3, -0.25) is 10.1 Å². The van der Waals surface area contributed by atoms with Crippen LogP contribution in [0.15, 0.2) is 54.6 Å². The van der Waals surface area contributed by atoms with Crippen molar-refractivity contribution in [3.63, 3.8) is 0 Å². The molecule has 7 heteroatoms. The molecule has 0 N–H and O–H groups in total. The van der Waals surface area contributed by atoms with Crippen LogP contribution in [0.2, 0.25) is 0 Å². The lowest BCUT2D eigenvalue weighted by Gasteiger charge is -2.04. The fourth-order valence-corrected chi connectivity index (χ4v) is 1.92. The quantitative estimate of drug-likeness (QED) is 0.536. The van der Waals surface area contributed by atoms with Crippen LogP contribution < -0.4 is 0 Å². The minimum absolute atomic E-state index is 0.0283. The standard InChI is InChI=1S/C13H9N5O2/c19-18(20)12-9-5-4-8-11(12)13-14-15-16-17(13)10-6-2-1-3-7-10/h1-9H. The maximum atomic E-state index is 11.1. The van der Waals surface area contributed by atoms with Crippen molar-refractivity contribution < 1.29 is 4.92 Å². The molecule has 0 spiro atoms. The van der Waals surface area contributed by atoms with Crippen molar-refractivity contribution in [1.29, 1.82) is 0 Å². The molecule has 98 valence electrons. The first kappa shape index (κ1) is 12.0. The molecule has 0 amide bonds. The highest BCUT2D eigenvalue weighted by molar-refractivity contribution is 5.68. The van der Waals surface area contributed by atoms with Gasteiger partial charge < -0.3 is 0 Å². The molecule has 3 rings (SSSR count). The summed E-state index contributed by atoms with van der Waals surface area (Å²) in [6, 6.07) is 15.6. The Morgan fingerprint density at radius 2 is 1.70 bits per heavy atom. The molecular formula is C13H9N5O2. The molecule has 1 aromatic heterocycles. The van der Waals surface area contributed by atoms with Crippen LogP contribution in [0.3, 0.4) is 0 Å². The molecule has 0 atom stereocenters. The molecular weight excluding hydrogens is 258 g/mol. The first-order valence-electron chi connectivity index (χ1n) is 5.85. The molecule has 0 fully saturated rings. The number of nitro benzene ring substituents is 1. The molecule has 3 aromatic rings. The summed E-state index contributed by atoms with van der Waals surface area (Å²) in [5.74, 6) is 0.337. The topological polar surface area (TPSA) is 86.7 Å². The van der Waals surface area contributed by atoms with E-state index in [1.54, 1.807) is 18.2 Å². The Morgan fingerprint density at radius 3 is 2.45 bits per heavy atom. The van der Waals surface area contributed by atoms with Crippen LogP contribution in [0.4, 0.5) is 5.69 Å². The Labute approximate surface area is 113 Å². The number of nitro groups is 1. The van der Waals surface area contributed by atoms with E-state index in [-0.39, 0.29) is 5.69 Å². The van der Waals surface area contributed by atoms with Crippen molar-refractivity contribution in [3.05, 3.63) is 64.7 Å². The molecule has 0 saturated carbocycles. The highest BCUT2D eigenvalue weighted by Crippen LogP contribution is 2.28. The van der Waals surface area contributed by atoms with Crippen molar-refractivity contribution in [1.82, 2.24) is 20.2 Å². The van der Waals surface area contributed by atoms with E-state index in [1.807, 2.05) is 30.3 Å². The maximum Gasteiger partial charge on any atom is 0.280 e. The Kier molecular flexibility index (Phi) is 2.92. The van der Waals surface area contributed by atoms with Crippen LogP contribution in [-0.2, 0) is 0 Å². The monoisotopic (exact) mass is 267 g/mol. The number of tetrazole rings is 1. The highest BCUT2D eigenvalue weighted by Gasteiger charge is 2.20. The van der Waals surface area contributed by atoms with Gasteiger partial charge >= 0.3 is 0 Å². The fourth-order valence-electron chi connectivity index (χ4n) is 1.92. The van der Waals surface area contributed by atoms with E-state index in [0.29, 0.717) is 11.4 Å². The van der Waals surface area contributed by atoms with Crippen LogP contribution in [-0.4, -0.2) is 25.1 Å². The second-order valence-corrected chi connectivity index (χ2v) is 4.02. The summed E-state index contributed by atoms with van der Waals surface area (Å²) in [6.45, 7) is 0. The number of benzene rings is 2. The van der Waals surface area contributed by atoms with Gasteiger partial charge in [0.15, 0.2) is 5.82 Å². The summed E-state index contributed by atoms with van der Waals surface area (Å²) in [7, 11) is 0. The summed E-state index contributed by atoms with van der Waals surface area (Å²) in [5.41, 5.74) is 1.09. The largest absolute Gasteiger partial charge is 0.280 e. The average Bonchev–Trinajstić information content (AvgIpc) is 2.97. The third-order valence-electron chi connectivity index (χ3n) is 2.81. The van der Waals surface area contributed by atoms with Gasteiger partial charge in [-0.1, -0.05) is 30.3 Å². The number of rotatable bonds is 3. The second kappa shape index (κ2) is 4.88. The Hall–Kier alpha value is -3.09. The summed E-state index contributed by atoms with van der Waals surface area (Å²) < 4.78 is 1.47. The lowest BCUT2D eigenvalue weighted by Crippen LogP contribution is -2.01. The molecule has 0 bridgehead atoms. The summed E-state index contributed by atoms with van der Waals surface area (Å²) in [6.07, 6.45) is 0. The van der Waals surface area contributed by atoms with Gasteiger partial charge in [-0.2, -0.15) is 4.68 Å². The molecule has 7 nitrogen and oxygen atoms in total. The minimum Gasteiger partial charge on any atom is -0.258 e. The highest BCUT2D eigenvalue weighted by atomic mass is 16.6. The zero-order chi connectivity index (χ0) is 13.9. The molecule has 20 heavy (non-hydrogen) atoms. The van der Waals surface area contributed by atoms with Crippen LogP contribution >= 0.6 is 0 Å². The van der Waals surface area contributed by atoms with Crippen molar-refractivity contribution >= 4 is 5.69 Å². The smallest absolute Gasteiger partial charge is 0.258 e. The van der Waals surface area contributed by atoms with Gasteiger partial charge in [-0.05, 0) is 28.6 Å². The van der Waals surface area contributed by atoms with E-state index in [2.05, 4.69) is 15.5 Å². The number of para-hydroxylation sites is 2. The van der Waals surface area contributed by atoms with Gasteiger partial charge in [0.25, 0.3) is 5.69 Å². The van der Waals surface area contributed by atoms with E-state index in [9.17, 15) is 10.1 Å². The molecule has 1 heterocycles. The molecule has 0 aliphatic rings. The van der Waals surface area contributed by atoms with E-state index in [0.717, 1.165) is 5.69 Å². The lowest BCUT2D eigenvalue weighted by atomic mass is 10.1. The second-order valence-electron chi connectivity index (χ2n) is 4.02. The summed E-state index contributed by atoms with van der Waals surface area (Å²) in [5, 5.41) is 22.5. The van der Waals surface area contributed by atoms with Crippen molar-refractivity contribution in [2.45, 2.75) is 0 Å². The fraction of sp³-hybridized carbons (Fsp3) is 0. The first-order chi connectivity index (χ1) is 9.77. The van der Waals surface area contributed by atoms with Gasteiger partial charge in [0.05, 0.1) is 16.2 Å². The van der Waals surface area contributed by atoms with Crippen LogP contribution in [0, 0.1) is 10.1 Å². The molecule has 0 unspecified atom stereocenters. The molecule has 2 aromatic carbocycles. The zero-order valence-electron chi connectivity index (χ0n) is 10.2. The SMILES string of the molecule is O=[N+]([O-])c1ccccc1-c1nnnn1-c1ccccc1. The average molecular weight is 267 g/mol. The minimum atomic E-state index is -0.445. The zero-order valence-corrected chi connectivity index (χ0v) is 10.2. The van der Waals surface area contributed by atoms with E-state index >= 15 is 0 Å². The van der Waals surface area contributed by atoms with Crippen LogP contribution in [0.1, 0.15) is 0 Å². The van der Waals surface area contributed by atoms with E-state index < -0.39 is 4.92 Å². The third kappa shape index (κ3) is 2.01. The lowest BCUT2D eigenvalue weighted by molar-refractivity contribution is -0.384. The van der Waals surface area contributed by atoms with Crippen molar-refractivity contribution in [2.24, 2.45) is 0 Å². The first-order valence-corrected chi connectivity index (χ1v) is 5.85. The van der Waals surface area contributed by atoms with Gasteiger partial charge in [-0.25, -0.2) is 0 Å². The normalized spacial score (nSPS) is 10.4. The van der Waals surface area contributed by atoms with Gasteiger partial charge in [0.1, 0.15) is 0 Å². The molecule has 0 aliphatic carbocycles. The predicted octanol–water partition coefficient (Wildman–Crippen LogP) is 2.24. The summed E-state index contributed by atoms with van der Waals surface area (Å²) in [4.78, 5) is 10.6. The Balaban J connectivity index is 2.18. The van der Waals surface area contributed by atoms with Gasteiger partial charge in [-0.15, -0.1) is 5.10 Å². The Bertz CT molecular complexity index is 754. The number of aromatic nitrogens is 4. The number of nitrogens with zero attached hydrogens (tertiary/aromatic N) is 5. The summed E-state index contributed by atoms with van der Waals surface area (Å²) >= 11 is 0. The van der Waals surface area contributed by atoms with Crippen molar-refractivity contribution in [3.8, 4) is 17.1 Å². The molecule has 0 radical (unpaired) electrons. The van der Waals surface area contributed by atoms with E-state index in [4.69, 9.17) is 0 Å². The third-order valence-corrected chi connectivity index (χ3v) is 2.81. The van der Waals surface area contributed by atoms with Crippen molar-refractivity contribution in [2.75, 3.05) is 0 Å². The van der Waals surface area contributed by atoms with Crippen LogP contribution in [0.5, 0.6) is 0 Å². The molecule has 0 aliphatic heterocycles. The molecule has 0 saturated heterocycles. The maximum absolute atomic E-state index is 11.1. The number of hydrogen-bond donors (Lipinski definition) is 0. The Morgan fingerprint density at radius 1 is 1.00 bits per heavy atom. The van der Waals surface area contributed by atoms with Gasteiger partial charge in [0.2, 0.25) is 0 Å². The van der Waals surface area contributed by atoms with E-state index in [1.165, 1.54) is 10.7 Å².